The second kappa shape index (κ2) is 14.9. The Labute approximate surface area is 333 Å². The summed E-state index contributed by atoms with van der Waals surface area (Å²) in [6, 6.07) is 44.3. The van der Waals surface area contributed by atoms with Crippen molar-refractivity contribution in [2.75, 3.05) is 0 Å². The van der Waals surface area contributed by atoms with Crippen LogP contribution in [-0.2, 0) is 25.5 Å². The standard InChI is InChI=1S/C32H23BNO2.C16H18N.Ir/c1-19-12-13-22(20(2)16-19)24-17-27(34-18-21(24)3)23-14-15-30-31-32(23)36-29-11-7-5-9-26(29)33(31)25-8-4-6-10-28(25)35-30;1-12-5-7-13(8-6-12)15-10-9-14(11-17-15)16(2,3)4;/h4-13,15-18H,1-3H3;5-7,9-11H,1-4H3;/q2*-1;. The van der Waals surface area contributed by atoms with Crippen molar-refractivity contribution in [1.82, 2.24) is 9.97 Å². The van der Waals surface area contributed by atoms with Gasteiger partial charge in [0.1, 0.15) is 11.5 Å². The van der Waals surface area contributed by atoms with Gasteiger partial charge in [0.25, 0.3) is 0 Å². The van der Waals surface area contributed by atoms with Gasteiger partial charge in [0.15, 0.2) is 0 Å². The van der Waals surface area contributed by atoms with Gasteiger partial charge in [-0.05, 0) is 88.4 Å². The van der Waals surface area contributed by atoms with Crippen molar-refractivity contribution in [3.05, 3.63) is 162 Å². The Morgan fingerprint density at radius 3 is 1.93 bits per heavy atom. The Morgan fingerprint density at radius 1 is 0.593 bits per heavy atom. The number of hydrogen-bond acceptors (Lipinski definition) is 4. The average Bonchev–Trinajstić information content (AvgIpc) is 3.15. The molecule has 2 aliphatic heterocycles. The van der Waals surface area contributed by atoms with E-state index in [0.29, 0.717) is 0 Å². The van der Waals surface area contributed by atoms with E-state index >= 15 is 0 Å². The van der Waals surface area contributed by atoms with Crippen LogP contribution in [0.15, 0.2) is 122 Å². The van der Waals surface area contributed by atoms with Gasteiger partial charge < -0.3 is 19.4 Å². The van der Waals surface area contributed by atoms with Gasteiger partial charge in [-0.3, -0.25) is 0 Å². The van der Waals surface area contributed by atoms with Gasteiger partial charge in [-0.2, -0.15) is 0 Å². The zero-order valence-electron chi connectivity index (χ0n) is 31.7. The molecule has 0 saturated heterocycles. The number of rotatable bonds is 3. The molecule has 0 saturated carbocycles. The Hall–Kier alpha value is -5.29. The first-order valence-corrected chi connectivity index (χ1v) is 18.2. The topological polar surface area (TPSA) is 44.2 Å². The van der Waals surface area contributed by atoms with E-state index in [4.69, 9.17) is 14.5 Å². The van der Waals surface area contributed by atoms with E-state index in [0.717, 1.165) is 67.5 Å². The van der Waals surface area contributed by atoms with Crippen LogP contribution in [0.4, 0.5) is 0 Å². The molecule has 7 aromatic rings. The molecule has 0 atom stereocenters. The SMILES string of the molecule is Cc1c[c-]c(-c2ccc(C(C)(C)C)cn2)cc1.Cc1ccc(-c2cc(-c3[c-]cc4c5c3Oc3ccccc3B5c3ccccc3O4)ncc2C)c(C)c1.[Ir]. The number of aryl methyl sites for hydroxylation is 4. The molecule has 54 heavy (non-hydrogen) atoms. The monoisotopic (exact) mass is 881 g/mol. The fraction of sp³-hybridized carbons (Fsp3) is 0.167. The summed E-state index contributed by atoms with van der Waals surface area (Å²) in [5, 5.41) is 0. The van der Waals surface area contributed by atoms with Crippen molar-refractivity contribution < 1.29 is 29.6 Å². The quantitative estimate of drug-likeness (QED) is 0.131. The molecule has 0 N–H and O–H groups in total. The van der Waals surface area contributed by atoms with Crippen molar-refractivity contribution in [2.24, 2.45) is 0 Å². The number of pyridine rings is 2. The summed E-state index contributed by atoms with van der Waals surface area (Å²) in [5.74, 6) is 3.30. The summed E-state index contributed by atoms with van der Waals surface area (Å²) in [6.45, 7) is 15.1. The maximum absolute atomic E-state index is 6.59. The van der Waals surface area contributed by atoms with Crippen LogP contribution in [-0.4, -0.2) is 16.7 Å². The summed E-state index contributed by atoms with van der Waals surface area (Å²) in [5.41, 5.74) is 15.7. The molecular formula is C48H41BIrN2O2-2. The van der Waals surface area contributed by atoms with Gasteiger partial charge in [0, 0.05) is 44.0 Å². The number of aromatic nitrogens is 2. The van der Waals surface area contributed by atoms with Crippen LogP contribution in [0.1, 0.15) is 48.6 Å². The fourth-order valence-corrected chi connectivity index (χ4v) is 7.24. The summed E-state index contributed by atoms with van der Waals surface area (Å²) < 4.78 is 12.9. The first-order valence-electron chi connectivity index (χ1n) is 18.2. The number of hydrogen-bond donors (Lipinski definition) is 0. The molecule has 2 aliphatic rings. The first-order chi connectivity index (χ1) is 25.5. The Bertz CT molecular complexity index is 2480. The Morgan fingerprint density at radius 2 is 1.28 bits per heavy atom. The molecule has 0 bridgehead atoms. The first kappa shape index (κ1) is 37.0. The number of ether oxygens (including phenoxy) is 2. The molecule has 0 amide bonds. The fourth-order valence-electron chi connectivity index (χ4n) is 7.24. The maximum atomic E-state index is 6.59. The molecule has 0 aliphatic carbocycles. The second-order valence-electron chi connectivity index (χ2n) is 15.1. The van der Waals surface area contributed by atoms with Crippen LogP contribution < -0.4 is 25.9 Å². The molecule has 269 valence electrons. The summed E-state index contributed by atoms with van der Waals surface area (Å²) in [7, 11) is 0. The van der Waals surface area contributed by atoms with Crippen LogP contribution in [0.5, 0.6) is 23.0 Å². The largest absolute Gasteiger partial charge is 0.503 e. The molecule has 1 radical (unpaired) electrons. The predicted octanol–water partition coefficient (Wildman–Crippen LogP) is 10.0. The zero-order valence-corrected chi connectivity index (χ0v) is 34.1. The van der Waals surface area contributed by atoms with Crippen LogP contribution in [0.3, 0.4) is 0 Å². The molecule has 9 rings (SSSR count). The molecule has 6 heteroatoms. The van der Waals surface area contributed by atoms with Gasteiger partial charge in [-0.25, -0.2) is 0 Å². The zero-order chi connectivity index (χ0) is 36.9. The van der Waals surface area contributed by atoms with Crippen molar-refractivity contribution in [2.45, 2.75) is 53.9 Å². The maximum Gasteiger partial charge on any atom is 0.239 e. The van der Waals surface area contributed by atoms with Crippen LogP contribution in [0.25, 0.3) is 33.6 Å². The van der Waals surface area contributed by atoms with Gasteiger partial charge in [0.2, 0.25) is 6.71 Å². The van der Waals surface area contributed by atoms with Gasteiger partial charge in [-0.15, -0.1) is 47.5 Å². The number of para-hydroxylation sites is 2. The minimum absolute atomic E-state index is 0. The number of benzene rings is 5. The van der Waals surface area contributed by atoms with Gasteiger partial charge in [0.05, 0.1) is 0 Å². The predicted molar refractivity (Wildman–Crippen MR) is 218 cm³/mol. The molecular weight excluding hydrogens is 840 g/mol. The summed E-state index contributed by atoms with van der Waals surface area (Å²) in [6.07, 6.45) is 3.91. The number of fused-ring (bicyclic) bond motifs is 4. The molecule has 0 unspecified atom stereocenters. The Kier molecular flexibility index (Phi) is 10.2. The van der Waals surface area contributed by atoms with Crippen molar-refractivity contribution in [3.63, 3.8) is 0 Å². The van der Waals surface area contributed by atoms with E-state index in [1.807, 2.05) is 48.8 Å². The van der Waals surface area contributed by atoms with E-state index in [-0.39, 0.29) is 32.2 Å². The smallest absolute Gasteiger partial charge is 0.239 e. The normalized spacial score (nSPS) is 12.1. The summed E-state index contributed by atoms with van der Waals surface area (Å²) >= 11 is 0. The van der Waals surface area contributed by atoms with E-state index < -0.39 is 0 Å². The summed E-state index contributed by atoms with van der Waals surface area (Å²) in [4.78, 5) is 9.35. The third-order valence-electron chi connectivity index (χ3n) is 10.2. The minimum Gasteiger partial charge on any atom is -0.503 e. The van der Waals surface area contributed by atoms with Crippen molar-refractivity contribution in [1.29, 1.82) is 0 Å². The Balaban J connectivity index is 0.000000211. The molecule has 4 nitrogen and oxygen atoms in total. The van der Waals surface area contributed by atoms with E-state index in [1.165, 1.54) is 33.4 Å². The average molecular weight is 881 g/mol. The molecule has 0 spiro atoms. The van der Waals surface area contributed by atoms with E-state index in [9.17, 15) is 0 Å². The molecule has 0 fully saturated rings. The van der Waals surface area contributed by atoms with Crippen molar-refractivity contribution in [3.8, 4) is 56.6 Å². The van der Waals surface area contributed by atoms with E-state index in [2.05, 4.69) is 138 Å². The van der Waals surface area contributed by atoms with Gasteiger partial charge in [-0.1, -0.05) is 117 Å². The van der Waals surface area contributed by atoms with Crippen LogP contribution >= 0.6 is 0 Å². The third kappa shape index (κ3) is 7.05. The third-order valence-corrected chi connectivity index (χ3v) is 10.2. The second-order valence-corrected chi connectivity index (χ2v) is 15.1. The van der Waals surface area contributed by atoms with Crippen molar-refractivity contribution >= 4 is 23.1 Å². The van der Waals surface area contributed by atoms with Crippen LogP contribution in [0.2, 0.25) is 0 Å². The molecule has 4 heterocycles. The molecule has 2 aromatic heterocycles. The van der Waals surface area contributed by atoms with Gasteiger partial charge >= 0.3 is 0 Å². The molecule has 5 aromatic carbocycles. The number of nitrogens with zero attached hydrogens (tertiary/aromatic N) is 2. The minimum atomic E-state index is 0. The van der Waals surface area contributed by atoms with E-state index in [1.54, 1.807) is 0 Å². The van der Waals surface area contributed by atoms with Crippen LogP contribution in [0, 0.1) is 39.8 Å².